The summed E-state index contributed by atoms with van der Waals surface area (Å²) in [5.74, 6) is -0.753. The number of primary amides is 1. The van der Waals surface area contributed by atoms with E-state index in [9.17, 15) is 9.18 Å². The summed E-state index contributed by atoms with van der Waals surface area (Å²) in [6, 6.07) is 14.9. The molecule has 2 aromatic carbocycles. The van der Waals surface area contributed by atoms with Crippen molar-refractivity contribution >= 4 is 5.91 Å². The first kappa shape index (κ1) is 13.2. The van der Waals surface area contributed by atoms with Gasteiger partial charge in [-0.25, -0.2) is 4.39 Å². The van der Waals surface area contributed by atoms with Gasteiger partial charge in [-0.1, -0.05) is 42.5 Å². The second-order valence-electron chi connectivity index (χ2n) is 4.26. The van der Waals surface area contributed by atoms with Crippen molar-refractivity contribution in [2.24, 2.45) is 5.73 Å². The van der Waals surface area contributed by atoms with E-state index in [4.69, 9.17) is 5.73 Å². The zero-order chi connectivity index (χ0) is 13.7. The number of rotatable bonds is 5. The molecule has 2 rings (SSSR count). The molecule has 0 aromatic heterocycles. The van der Waals surface area contributed by atoms with E-state index in [0.717, 1.165) is 11.1 Å². The van der Waals surface area contributed by atoms with Gasteiger partial charge in [0.25, 0.3) is 0 Å². The van der Waals surface area contributed by atoms with Crippen LogP contribution in [0.5, 0.6) is 0 Å². The summed E-state index contributed by atoms with van der Waals surface area (Å²) >= 11 is 0. The zero-order valence-corrected chi connectivity index (χ0v) is 10.3. The lowest BCUT2D eigenvalue weighted by molar-refractivity contribution is -0.120. The van der Waals surface area contributed by atoms with Crippen LogP contribution in [0, 0.1) is 5.82 Å². The van der Waals surface area contributed by atoms with Gasteiger partial charge in [-0.15, -0.1) is 0 Å². The van der Waals surface area contributed by atoms with Gasteiger partial charge in [0.05, 0.1) is 0 Å². The van der Waals surface area contributed by atoms with Crippen LogP contribution in [0.1, 0.15) is 17.2 Å². The summed E-state index contributed by atoms with van der Waals surface area (Å²) in [5.41, 5.74) is 6.95. The molecule has 0 aliphatic carbocycles. The monoisotopic (exact) mass is 258 g/mol. The topological polar surface area (TPSA) is 55.1 Å². The summed E-state index contributed by atoms with van der Waals surface area (Å²) in [6.45, 7) is 0.375. The lowest BCUT2D eigenvalue weighted by Gasteiger charge is -2.15. The molecule has 0 saturated heterocycles. The van der Waals surface area contributed by atoms with E-state index in [2.05, 4.69) is 5.32 Å². The van der Waals surface area contributed by atoms with Crippen molar-refractivity contribution < 1.29 is 9.18 Å². The van der Waals surface area contributed by atoms with Crippen molar-refractivity contribution in [1.29, 1.82) is 0 Å². The third-order valence-electron chi connectivity index (χ3n) is 2.82. The summed E-state index contributed by atoms with van der Waals surface area (Å²) in [6.07, 6.45) is 0. The first-order valence-corrected chi connectivity index (χ1v) is 5.99. The molecule has 0 aliphatic heterocycles. The number of nitrogens with two attached hydrogens (primary N) is 1. The van der Waals surface area contributed by atoms with Crippen LogP contribution < -0.4 is 11.1 Å². The maximum atomic E-state index is 13.1. The Balaban J connectivity index is 2.08. The molecule has 0 radical (unpaired) electrons. The fraction of sp³-hybridized carbons (Fsp3) is 0.133. The Morgan fingerprint density at radius 1 is 1.16 bits per heavy atom. The molecule has 0 bridgehead atoms. The second kappa shape index (κ2) is 6.11. The fourth-order valence-electron chi connectivity index (χ4n) is 1.90. The predicted molar refractivity (Wildman–Crippen MR) is 71.6 cm³/mol. The summed E-state index contributed by atoms with van der Waals surface area (Å²) < 4.78 is 13.1. The van der Waals surface area contributed by atoms with Gasteiger partial charge in [-0.3, -0.25) is 10.1 Å². The van der Waals surface area contributed by atoms with E-state index >= 15 is 0 Å². The number of carbonyl (C=O) groups excluding carboxylic acids is 1. The molecular formula is C15H15FN2O. The Kier molecular flexibility index (Phi) is 4.26. The Labute approximate surface area is 111 Å². The molecule has 1 atom stereocenters. The molecule has 98 valence electrons. The normalized spacial score (nSPS) is 12.1. The molecule has 0 heterocycles. The molecular weight excluding hydrogens is 243 g/mol. The minimum Gasteiger partial charge on any atom is -0.368 e. The van der Waals surface area contributed by atoms with Gasteiger partial charge < -0.3 is 5.73 Å². The van der Waals surface area contributed by atoms with Gasteiger partial charge in [0, 0.05) is 6.54 Å². The molecule has 3 nitrogen and oxygen atoms in total. The van der Waals surface area contributed by atoms with Gasteiger partial charge in [0.1, 0.15) is 11.9 Å². The van der Waals surface area contributed by atoms with E-state index < -0.39 is 11.9 Å². The smallest absolute Gasteiger partial charge is 0.239 e. The molecule has 0 saturated carbocycles. The van der Waals surface area contributed by atoms with E-state index in [1.54, 1.807) is 12.1 Å². The zero-order valence-electron chi connectivity index (χ0n) is 10.3. The SMILES string of the molecule is NC(=O)[C@@H](NCc1cccc(F)c1)c1ccccc1. The average molecular weight is 258 g/mol. The molecule has 19 heavy (non-hydrogen) atoms. The Hall–Kier alpha value is -2.20. The Bertz CT molecular complexity index is 557. The maximum absolute atomic E-state index is 13.1. The van der Waals surface area contributed by atoms with Crippen LogP contribution in [-0.2, 0) is 11.3 Å². The number of benzene rings is 2. The van der Waals surface area contributed by atoms with Crippen molar-refractivity contribution in [3.63, 3.8) is 0 Å². The molecule has 4 heteroatoms. The van der Waals surface area contributed by atoms with Crippen molar-refractivity contribution in [1.82, 2.24) is 5.32 Å². The van der Waals surface area contributed by atoms with E-state index in [-0.39, 0.29) is 5.82 Å². The average Bonchev–Trinajstić information content (AvgIpc) is 2.40. The lowest BCUT2D eigenvalue weighted by Crippen LogP contribution is -2.33. The van der Waals surface area contributed by atoms with Crippen LogP contribution in [0.2, 0.25) is 0 Å². The van der Waals surface area contributed by atoms with Crippen molar-refractivity contribution in [2.45, 2.75) is 12.6 Å². The van der Waals surface area contributed by atoms with Crippen LogP contribution in [0.15, 0.2) is 54.6 Å². The van der Waals surface area contributed by atoms with Gasteiger partial charge >= 0.3 is 0 Å². The number of halogens is 1. The maximum Gasteiger partial charge on any atom is 0.239 e. The van der Waals surface area contributed by atoms with Crippen LogP contribution in [0.3, 0.4) is 0 Å². The molecule has 0 aliphatic rings. The van der Waals surface area contributed by atoms with Gasteiger partial charge in [-0.05, 0) is 23.3 Å². The third kappa shape index (κ3) is 3.63. The van der Waals surface area contributed by atoms with Crippen LogP contribution in [-0.4, -0.2) is 5.91 Å². The first-order valence-electron chi connectivity index (χ1n) is 5.99. The highest BCUT2D eigenvalue weighted by molar-refractivity contribution is 5.81. The Morgan fingerprint density at radius 3 is 2.53 bits per heavy atom. The standard InChI is InChI=1S/C15H15FN2O/c16-13-8-4-5-11(9-13)10-18-14(15(17)19)12-6-2-1-3-7-12/h1-9,14,18H,10H2,(H2,17,19)/t14-/m0/s1. The second-order valence-corrected chi connectivity index (χ2v) is 4.26. The molecule has 0 unspecified atom stereocenters. The summed E-state index contributed by atoms with van der Waals surface area (Å²) in [7, 11) is 0. The molecule has 3 N–H and O–H groups in total. The predicted octanol–water partition coefficient (Wildman–Crippen LogP) is 2.14. The van der Waals surface area contributed by atoms with E-state index in [1.807, 2.05) is 30.3 Å². The highest BCUT2D eigenvalue weighted by Crippen LogP contribution is 2.13. The molecule has 0 fully saturated rings. The van der Waals surface area contributed by atoms with Crippen molar-refractivity contribution in [3.8, 4) is 0 Å². The van der Waals surface area contributed by atoms with Crippen LogP contribution in [0.4, 0.5) is 4.39 Å². The highest BCUT2D eigenvalue weighted by Gasteiger charge is 2.16. The van der Waals surface area contributed by atoms with Crippen LogP contribution >= 0.6 is 0 Å². The quantitative estimate of drug-likeness (QED) is 0.863. The van der Waals surface area contributed by atoms with E-state index in [1.165, 1.54) is 12.1 Å². The number of hydrogen-bond donors (Lipinski definition) is 2. The minimum absolute atomic E-state index is 0.297. The molecule has 2 aromatic rings. The van der Waals surface area contributed by atoms with Crippen LogP contribution in [0.25, 0.3) is 0 Å². The van der Waals surface area contributed by atoms with Crippen molar-refractivity contribution in [3.05, 3.63) is 71.5 Å². The molecule has 1 amide bonds. The first-order chi connectivity index (χ1) is 9.16. The van der Waals surface area contributed by atoms with Gasteiger partial charge in [-0.2, -0.15) is 0 Å². The fourth-order valence-corrected chi connectivity index (χ4v) is 1.90. The summed E-state index contributed by atoms with van der Waals surface area (Å²) in [5, 5.41) is 3.04. The lowest BCUT2D eigenvalue weighted by atomic mass is 10.1. The van der Waals surface area contributed by atoms with Gasteiger partial charge in [0.15, 0.2) is 0 Å². The minimum atomic E-state index is -0.579. The Morgan fingerprint density at radius 2 is 1.89 bits per heavy atom. The number of carbonyl (C=O) groups is 1. The highest BCUT2D eigenvalue weighted by atomic mass is 19.1. The largest absolute Gasteiger partial charge is 0.368 e. The molecule has 0 spiro atoms. The van der Waals surface area contributed by atoms with E-state index in [0.29, 0.717) is 6.54 Å². The number of nitrogens with one attached hydrogen (secondary N) is 1. The third-order valence-corrected chi connectivity index (χ3v) is 2.82. The van der Waals surface area contributed by atoms with Crippen molar-refractivity contribution in [2.75, 3.05) is 0 Å². The number of amides is 1. The van der Waals surface area contributed by atoms with Gasteiger partial charge in [0.2, 0.25) is 5.91 Å². The summed E-state index contributed by atoms with van der Waals surface area (Å²) in [4.78, 5) is 11.5. The number of hydrogen-bond acceptors (Lipinski definition) is 2.